The Balaban J connectivity index is 1.84. The lowest BCUT2D eigenvalue weighted by Gasteiger charge is -2.24. The Hall–Kier alpha value is -0.870. The van der Waals surface area contributed by atoms with Gasteiger partial charge in [0.25, 0.3) is 0 Å². The maximum absolute atomic E-state index is 12.5. The van der Waals surface area contributed by atoms with Crippen LogP contribution in [0.5, 0.6) is 0 Å². The van der Waals surface area contributed by atoms with Crippen LogP contribution in [0.3, 0.4) is 0 Å². The van der Waals surface area contributed by atoms with Crippen molar-refractivity contribution in [2.45, 2.75) is 25.3 Å². The molecule has 1 aliphatic carbocycles. The van der Waals surface area contributed by atoms with Crippen LogP contribution >= 0.6 is 11.3 Å². The van der Waals surface area contributed by atoms with Gasteiger partial charge in [0, 0.05) is 18.0 Å². The minimum Gasteiger partial charge on any atom is -0.340 e. The highest BCUT2D eigenvalue weighted by Gasteiger charge is 2.33. The standard InChI is InChI=1S/C13H18N2OS/c1-14-11-12-10(5-7-17-12)4-6-15(13(11)16)8-9-2-3-9/h5,7,9,11,14H,2-4,6,8H2,1H3. The molecule has 1 amide bonds. The molecule has 1 N–H and O–H groups in total. The van der Waals surface area contributed by atoms with E-state index in [0.717, 1.165) is 25.4 Å². The number of hydrogen-bond donors (Lipinski definition) is 1. The summed E-state index contributed by atoms with van der Waals surface area (Å²) in [5.74, 6) is 1.04. The van der Waals surface area contributed by atoms with E-state index in [4.69, 9.17) is 0 Å². The van der Waals surface area contributed by atoms with Crippen LogP contribution in [0, 0.1) is 5.92 Å². The molecule has 3 nitrogen and oxygen atoms in total. The number of thiophene rings is 1. The molecule has 1 aromatic rings. The summed E-state index contributed by atoms with van der Waals surface area (Å²) in [7, 11) is 1.88. The topological polar surface area (TPSA) is 32.3 Å². The Kier molecular flexibility index (Phi) is 2.92. The normalized spacial score (nSPS) is 24.6. The first-order valence-electron chi connectivity index (χ1n) is 6.32. The van der Waals surface area contributed by atoms with E-state index in [1.807, 2.05) is 7.05 Å². The van der Waals surface area contributed by atoms with E-state index in [9.17, 15) is 4.79 Å². The van der Waals surface area contributed by atoms with Gasteiger partial charge in [-0.15, -0.1) is 11.3 Å². The van der Waals surface area contributed by atoms with Crippen LogP contribution in [0.4, 0.5) is 0 Å². The van der Waals surface area contributed by atoms with Crippen molar-refractivity contribution in [3.8, 4) is 0 Å². The molecule has 17 heavy (non-hydrogen) atoms. The maximum atomic E-state index is 12.5. The van der Waals surface area contributed by atoms with Crippen molar-refractivity contribution in [3.63, 3.8) is 0 Å². The number of hydrogen-bond acceptors (Lipinski definition) is 3. The first kappa shape index (κ1) is 11.2. The van der Waals surface area contributed by atoms with Crippen molar-refractivity contribution in [1.29, 1.82) is 0 Å². The fraction of sp³-hybridized carbons (Fsp3) is 0.615. The van der Waals surface area contributed by atoms with Crippen LogP contribution < -0.4 is 5.32 Å². The third kappa shape index (κ3) is 2.11. The van der Waals surface area contributed by atoms with Crippen molar-refractivity contribution in [2.24, 2.45) is 5.92 Å². The molecule has 0 bridgehead atoms. The summed E-state index contributed by atoms with van der Waals surface area (Å²) in [6.07, 6.45) is 3.61. The summed E-state index contributed by atoms with van der Waals surface area (Å²) in [4.78, 5) is 15.7. The van der Waals surface area contributed by atoms with Gasteiger partial charge in [-0.25, -0.2) is 0 Å². The van der Waals surface area contributed by atoms with Gasteiger partial charge in [-0.2, -0.15) is 0 Å². The molecule has 1 aromatic heterocycles. The summed E-state index contributed by atoms with van der Waals surface area (Å²) in [6.45, 7) is 1.85. The van der Waals surface area contributed by atoms with E-state index in [2.05, 4.69) is 21.7 Å². The van der Waals surface area contributed by atoms with Gasteiger partial charge >= 0.3 is 0 Å². The Labute approximate surface area is 106 Å². The van der Waals surface area contributed by atoms with Crippen molar-refractivity contribution >= 4 is 17.2 Å². The molecule has 1 atom stereocenters. The Morgan fingerprint density at radius 2 is 2.35 bits per heavy atom. The first-order valence-corrected chi connectivity index (χ1v) is 7.20. The van der Waals surface area contributed by atoms with E-state index in [0.29, 0.717) is 0 Å². The average Bonchev–Trinajstić information content (AvgIpc) is 3.05. The molecule has 1 saturated carbocycles. The van der Waals surface area contributed by atoms with Gasteiger partial charge in [0.05, 0.1) is 0 Å². The quantitative estimate of drug-likeness (QED) is 0.887. The van der Waals surface area contributed by atoms with E-state index >= 15 is 0 Å². The molecule has 0 spiro atoms. The SMILES string of the molecule is CNC1C(=O)N(CC2CC2)CCc2ccsc21. The van der Waals surface area contributed by atoms with Crippen molar-refractivity contribution < 1.29 is 4.79 Å². The Morgan fingerprint density at radius 3 is 3.06 bits per heavy atom. The molecule has 1 fully saturated rings. The van der Waals surface area contributed by atoms with Gasteiger partial charge in [-0.3, -0.25) is 4.79 Å². The number of carbonyl (C=O) groups is 1. The second kappa shape index (κ2) is 4.42. The molecule has 0 aromatic carbocycles. The van der Waals surface area contributed by atoms with Crippen LogP contribution in [0.2, 0.25) is 0 Å². The monoisotopic (exact) mass is 250 g/mol. The van der Waals surface area contributed by atoms with Gasteiger partial charge in [0.2, 0.25) is 5.91 Å². The summed E-state index contributed by atoms with van der Waals surface area (Å²) in [6, 6.07) is 2.05. The average molecular weight is 250 g/mol. The number of rotatable bonds is 3. The summed E-state index contributed by atoms with van der Waals surface area (Å²) >= 11 is 1.70. The molecular formula is C13H18N2OS. The second-order valence-electron chi connectivity index (χ2n) is 5.01. The highest BCUT2D eigenvalue weighted by Crippen LogP contribution is 2.33. The summed E-state index contributed by atoms with van der Waals surface area (Å²) in [5.41, 5.74) is 1.35. The van der Waals surface area contributed by atoms with Crippen molar-refractivity contribution in [1.82, 2.24) is 10.2 Å². The number of nitrogens with one attached hydrogen (secondary N) is 1. The first-order chi connectivity index (χ1) is 8.29. The zero-order valence-electron chi connectivity index (χ0n) is 10.1. The lowest BCUT2D eigenvalue weighted by molar-refractivity contribution is -0.133. The third-order valence-electron chi connectivity index (χ3n) is 3.72. The fourth-order valence-electron chi connectivity index (χ4n) is 2.52. The Bertz CT molecular complexity index is 425. The highest BCUT2D eigenvalue weighted by molar-refractivity contribution is 7.10. The van der Waals surface area contributed by atoms with Crippen LogP contribution in [-0.2, 0) is 11.2 Å². The van der Waals surface area contributed by atoms with Crippen LogP contribution in [0.15, 0.2) is 11.4 Å². The third-order valence-corrected chi connectivity index (χ3v) is 4.74. The molecule has 2 heterocycles. The van der Waals surface area contributed by atoms with Gasteiger partial charge in [-0.1, -0.05) is 0 Å². The molecule has 0 saturated heterocycles. The molecule has 0 radical (unpaired) electrons. The molecule has 1 unspecified atom stereocenters. The van der Waals surface area contributed by atoms with Crippen molar-refractivity contribution in [2.75, 3.05) is 20.1 Å². The lowest BCUT2D eigenvalue weighted by atomic mass is 10.1. The lowest BCUT2D eigenvalue weighted by Crippen LogP contribution is -2.40. The minimum atomic E-state index is -0.119. The summed E-state index contributed by atoms with van der Waals surface area (Å²) in [5, 5.41) is 5.27. The highest BCUT2D eigenvalue weighted by atomic mass is 32.1. The van der Waals surface area contributed by atoms with Gasteiger partial charge in [0.1, 0.15) is 6.04 Å². The molecule has 1 aliphatic heterocycles. The zero-order chi connectivity index (χ0) is 11.8. The molecule has 3 rings (SSSR count). The van der Waals surface area contributed by atoms with Crippen LogP contribution in [-0.4, -0.2) is 30.9 Å². The molecule has 4 heteroatoms. The van der Waals surface area contributed by atoms with Crippen molar-refractivity contribution in [3.05, 3.63) is 21.9 Å². The fourth-order valence-corrected chi connectivity index (χ4v) is 3.57. The molecule has 2 aliphatic rings. The zero-order valence-corrected chi connectivity index (χ0v) is 10.9. The van der Waals surface area contributed by atoms with E-state index in [-0.39, 0.29) is 11.9 Å². The minimum absolute atomic E-state index is 0.119. The van der Waals surface area contributed by atoms with E-state index < -0.39 is 0 Å². The Morgan fingerprint density at radius 1 is 1.53 bits per heavy atom. The maximum Gasteiger partial charge on any atom is 0.245 e. The number of carbonyl (C=O) groups excluding carboxylic acids is 1. The van der Waals surface area contributed by atoms with Gasteiger partial charge in [0.15, 0.2) is 0 Å². The number of nitrogens with zero attached hydrogens (tertiary/aromatic N) is 1. The number of likely N-dealkylation sites (N-methyl/N-ethyl adjacent to an activating group) is 1. The molecular weight excluding hydrogens is 232 g/mol. The summed E-state index contributed by atoms with van der Waals surface area (Å²) < 4.78 is 0. The largest absolute Gasteiger partial charge is 0.340 e. The molecule has 92 valence electrons. The van der Waals surface area contributed by atoms with E-state index in [1.54, 1.807) is 11.3 Å². The number of fused-ring (bicyclic) bond motifs is 1. The predicted molar refractivity (Wildman–Crippen MR) is 69.1 cm³/mol. The predicted octanol–water partition coefficient (Wildman–Crippen LogP) is 1.80. The second-order valence-corrected chi connectivity index (χ2v) is 5.96. The van der Waals surface area contributed by atoms with Crippen LogP contribution in [0.25, 0.3) is 0 Å². The number of amides is 1. The van der Waals surface area contributed by atoms with Gasteiger partial charge < -0.3 is 10.2 Å². The van der Waals surface area contributed by atoms with Crippen LogP contribution in [0.1, 0.15) is 29.3 Å². The van der Waals surface area contributed by atoms with Gasteiger partial charge in [-0.05, 0) is 49.2 Å². The van der Waals surface area contributed by atoms with E-state index in [1.165, 1.54) is 23.3 Å². The smallest absolute Gasteiger partial charge is 0.245 e.